The first-order valence-electron chi connectivity index (χ1n) is 5.60. The van der Waals surface area contributed by atoms with Gasteiger partial charge in [-0.05, 0) is 29.8 Å². The number of carboxylic acid groups (broad SMARTS) is 1. The van der Waals surface area contributed by atoms with Crippen LogP contribution in [0.15, 0.2) is 42.5 Å². The summed E-state index contributed by atoms with van der Waals surface area (Å²) in [6.07, 6.45) is 0. The van der Waals surface area contributed by atoms with Gasteiger partial charge in [-0.25, -0.2) is 4.79 Å². The monoisotopic (exact) mass is 259 g/mol. The van der Waals surface area contributed by atoms with Crippen molar-refractivity contribution in [3.63, 3.8) is 0 Å². The van der Waals surface area contributed by atoms with Gasteiger partial charge in [0.05, 0.1) is 12.2 Å². The molecule has 2 aromatic carbocycles. The minimum Gasteiger partial charge on any atom is -0.478 e. The third kappa shape index (κ3) is 3.02. The highest BCUT2D eigenvalue weighted by Crippen LogP contribution is 2.25. The van der Waals surface area contributed by atoms with Crippen molar-refractivity contribution >= 4 is 11.7 Å². The minimum atomic E-state index is -1.07. The van der Waals surface area contributed by atoms with E-state index >= 15 is 0 Å². The highest BCUT2D eigenvalue weighted by Gasteiger charge is 2.08. The van der Waals surface area contributed by atoms with Crippen molar-refractivity contribution < 1.29 is 19.7 Å². The van der Waals surface area contributed by atoms with Crippen molar-refractivity contribution in [2.45, 2.75) is 6.61 Å². The Labute approximate surface area is 109 Å². The molecule has 0 heterocycles. The Morgan fingerprint density at radius 2 is 1.74 bits per heavy atom. The summed E-state index contributed by atoms with van der Waals surface area (Å²) in [7, 11) is 0. The third-order valence-corrected chi connectivity index (χ3v) is 2.60. The SMILES string of the molecule is Nc1cc(Oc2ccc(CO)cc2)ccc1C(=O)O. The van der Waals surface area contributed by atoms with Crippen LogP contribution in [0.3, 0.4) is 0 Å². The lowest BCUT2D eigenvalue weighted by molar-refractivity contribution is 0.0698. The number of hydrogen-bond donors (Lipinski definition) is 3. The standard InChI is InChI=1S/C14H13NO4/c15-13-7-11(5-6-12(13)14(17)18)19-10-3-1-9(8-16)2-4-10/h1-7,16H,8,15H2,(H,17,18). The van der Waals surface area contributed by atoms with E-state index in [4.69, 9.17) is 20.7 Å². The summed E-state index contributed by atoms with van der Waals surface area (Å²) in [4.78, 5) is 10.8. The van der Waals surface area contributed by atoms with Crippen LogP contribution >= 0.6 is 0 Å². The van der Waals surface area contributed by atoms with Crippen molar-refractivity contribution in [1.82, 2.24) is 0 Å². The van der Waals surface area contributed by atoms with Crippen molar-refractivity contribution in [3.05, 3.63) is 53.6 Å². The molecule has 2 aromatic rings. The van der Waals surface area contributed by atoms with Crippen LogP contribution < -0.4 is 10.5 Å². The van der Waals surface area contributed by atoms with Gasteiger partial charge in [0, 0.05) is 11.8 Å². The van der Waals surface area contributed by atoms with Gasteiger partial charge < -0.3 is 20.7 Å². The number of hydrogen-bond acceptors (Lipinski definition) is 4. The first-order valence-corrected chi connectivity index (χ1v) is 5.60. The van der Waals surface area contributed by atoms with Crippen LogP contribution in [-0.4, -0.2) is 16.2 Å². The van der Waals surface area contributed by atoms with E-state index in [0.717, 1.165) is 5.56 Å². The van der Waals surface area contributed by atoms with Crippen LogP contribution in [0.5, 0.6) is 11.5 Å². The van der Waals surface area contributed by atoms with Gasteiger partial charge in [-0.15, -0.1) is 0 Å². The molecule has 5 heteroatoms. The molecule has 0 aliphatic heterocycles. The van der Waals surface area contributed by atoms with E-state index < -0.39 is 5.97 Å². The predicted molar refractivity (Wildman–Crippen MR) is 70.3 cm³/mol. The highest BCUT2D eigenvalue weighted by molar-refractivity contribution is 5.93. The van der Waals surface area contributed by atoms with E-state index in [0.29, 0.717) is 11.5 Å². The first-order chi connectivity index (χ1) is 9.10. The molecule has 0 aromatic heterocycles. The number of rotatable bonds is 4. The van der Waals surface area contributed by atoms with Gasteiger partial charge in [0.1, 0.15) is 11.5 Å². The first kappa shape index (κ1) is 12.9. The van der Waals surface area contributed by atoms with E-state index in [-0.39, 0.29) is 17.9 Å². The van der Waals surface area contributed by atoms with E-state index in [2.05, 4.69) is 0 Å². The summed E-state index contributed by atoms with van der Waals surface area (Å²) in [6, 6.07) is 11.3. The lowest BCUT2D eigenvalue weighted by Gasteiger charge is -2.08. The van der Waals surface area contributed by atoms with Crippen LogP contribution in [-0.2, 0) is 6.61 Å². The largest absolute Gasteiger partial charge is 0.478 e. The number of carboxylic acids is 1. The summed E-state index contributed by atoms with van der Waals surface area (Å²) < 4.78 is 5.54. The number of carbonyl (C=O) groups is 1. The van der Waals surface area contributed by atoms with Crippen LogP contribution in [0.2, 0.25) is 0 Å². The van der Waals surface area contributed by atoms with E-state index in [1.165, 1.54) is 12.1 Å². The number of nitrogen functional groups attached to an aromatic ring is 1. The third-order valence-electron chi connectivity index (χ3n) is 2.60. The molecule has 98 valence electrons. The zero-order valence-corrected chi connectivity index (χ0v) is 10.0. The van der Waals surface area contributed by atoms with E-state index in [1.54, 1.807) is 30.3 Å². The molecule has 0 unspecified atom stereocenters. The maximum atomic E-state index is 10.8. The normalized spacial score (nSPS) is 10.2. The smallest absolute Gasteiger partial charge is 0.337 e. The fourth-order valence-electron chi connectivity index (χ4n) is 1.60. The Balaban J connectivity index is 2.18. The Bertz CT molecular complexity index is 593. The molecule has 0 aliphatic rings. The predicted octanol–water partition coefficient (Wildman–Crippen LogP) is 2.25. The lowest BCUT2D eigenvalue weighted by atomic mass is 10.2. The number of aliphatic hydroxyl groups is 1. The maximum absolute atomic E-state index is 10.8. The molecule has 0 aliphatic carbocycles. The highest BCUT2D eigenvalue weighted by atomic mass is 16.5. The van der Waals surface area contributed by atoms with Crippen molar-refractivity contribution in [1.29, 1.82) is 0 Å². The summed E-state index contributed by atoms with van der Waals surface area (Å²) in [5.41, 5.74) is 6.61. The van der Waals surface area contributed by atoms with Crippen molar-refractivity contribution in [3.8, 4) is 11.5 Å². The molecule has 0 saturated carbocycles. The topological polar surface area (TPSA) is 92.8 Å². The van der Waals surface area contributed by atoms with Crippen LogP contribution in [0, 0.1) is 0 Å². The Hall–Kier alpha value is -2.53. The minimum absolute atomic E-state index is 0.0272. The van der Waals surface area contributed by atoms with Crippen LogP contribution in [0.25, 0.3) is 0 Å². The number of ether oxygens (including phenoxy) is 1. The maximum Gasteiger partial charge on any atom is 0.337 e. The summed E-state index contributed by atoms with van der Waals surface area (Å²) in [6.45, 7) is -0.0272. The van der Waals surface area contributed by atoms with Gasteiger partial charge in [0.2, 0.25) is 0 Å². The molecule has 0 radical (unpaired) electrons. The molecular weight excluding hydrogens is 246 g/mol. The molecule has 0 bridgehead atoms. The number of nitrogens with two attached hydrogens (primary N) is 1. The molecule has 4 N–H and O–H groups in total. The second-order valence-electron chi connectivity index (χ2n) is 3.96. The van der Waals surface area contributed by atoms with Gasteiger partial charge in [0.15, 0.2) is 0 Å². The quantitative estimate of drug-likeness (QED) is 0.732. The Kier molecular flexibility index (Phi) is 3.68. The molecule has 19 heavy (non-hydrogen) atoms. The van der Waals surface area contributed by atoms with Crippen LogP contribution in [0.4, 0.5) is 5.69 Å². The van der Waals surface area contributed by atoms with Gasteiger partial charge in [-0.2, -0.15) is 0 Å². The Morgan fingerprint density at radius 3 is 2.26 bits per heavy atom. The summed E-state index contributed by atoms with van der Waals surface area (Å²) >= 11 is 0. The van der Waals surface area contributed by atoms with Crippen molar-refractivity contribution in [2.24, 2.45) is 0 Å². The number of aliphatic hydroxyl groups excluding tert-OH is 1. The van der Waals surface area contributed by atoms with Gasteiger partial charge in [-0.3, -0.25) is 0 Å². The molecule has 0 atom stereocenters. The average molecular weight is 259 g/mol. The van der Waals surface area contributed by atoms with E-state index in [1.807, 2.05) is 0 Å². The molecule has 2 rings (SSSR count). The zero-order chi connectivity index (χ0) is 13.8. The molecular formula is C14H13NO4. The molecule has 0 amide bonds. The number of aromatic carboxylic acids is 1. The fourth-order valence-corrected chi connectivity index (χ4v) is 1.60. The van der Waals surface area contributed by atoms with Crippen molar-refractivity contribution in [2.75, 3.05) is 5.73 Å². The van der Waals surface area contributed by atoms with Crippen LogP contribution in [0.1, 0.15) is 15.9 Å². The number of anilines is 1. The zero-order valence-electron chi connectivity index (χ0n) is 10.0. The fraction of sp³-hybridized carbons (Fsp3) is 0.0714. The molecule has 0 saturated heterocycles. The molecule has 5 nitrogen and oxygen atoms in total. The number of benzene rings is 2. The average Bonchev–Trinajstić information content (AvgIpc) is 2.39. The second kappa shape index (κ2) is 5.41. The van der Waals surface area contributed by atoms with Gasteiger partial charge in [0.25, 0.3) is 0 Å². The van der Waals surface area contributed by atoms with Gasteiger partial charge >= 0.3 is 5.97 Å². The molecule has 0 spiro atoms. The summed E-state index contributed by atoms with van der Waals surface area (Å²) in [5, 5.41) is 17.8. The second-order valence-corrected chi connectivity index (χ2v) is 3.96. The molecule has 0 fully saturated rings. The van der Waals surface area contributed by atoms with Gasteiger partial charge in [-0.1, -0.05) is 12.1 Å². The summed E-state index contributed by atoms with van der Waals surface area (Å²) in [5.74, 6) is -0.0322. The Morgan fingerprint density at radius 1 is 1.11 bits per heavy atom. The van der Waals surface area contributed by atoms with E-state index in [9.17, 15) is 4.79 Å². The lowest BCUT2D eigenvalue weighted by Crippen LogP contribution is -2.02.